The minimum atomic E-state index is 0.274. The Labute approximate surface area is 109 Å². The molecule has 1 heterocycles. The zero-order chi connectivity index (χ0) is 12.3. The summed E-state index contributed by atoms with van der Waals surface area (Å²) in [7, 11) is 0. The van der Waals surface area contributed by atoms with Gasteiger partial charge in [0, 0.05) is 11.8 Å². The maximum atomic E-state index is 8.75. The monoisotopic (exact) mass is 262 g/mol. The van der Waals surface area contributed by atoms with Gasteiger partial charge in [-0.3, -0.25) is 4.98 Å². The van der Waals surface area contributed by atoms with Crippen LogP contribution in [0.4, 0.5) is 0 Å². The van der Waals surface area contributed by atoms with Crippen molar-refractivity contribution in [1.29, 1.82) is 5.26 Å². The molecule has 2 nitrogen and oxygen atoms in total. The van der Waals surface area contributed by atoms with E-state index in [0.717, 1.165) is 16.8 Å². The van der Waals surface area contributed by atoms with Gasteiger partial charge in [-0.05, 0) is 23.8 Å². The summed E-state index contributed by atoms with van der Waals surface area (Å²) in [5.74, 6) is 0. The highest BCUT2D eigenvalue weighted by molar-refractivity contribution is 6.42. The van der Waals surface area contributed by atoms with Crippen LogP contribution in [0.5, 0.6) is 0 Å². The maximum Gasteiger partial charge on any atom is 0.0781 e. The molecule has 0 aliphatic carbocycles. The van der Waals surface area contributed by atoms with E-state index in [2.05, 4.69) is 11.1 Å². The molecule has 0 aliphatic rings. The molecule has 0 radical (unpaired) electrons. The minimum Gasteiger partial charge on any atom is -0.260 e. The van der Waals surface area contributed by atoms with Gasteiger partial charge in [0.1, 0.15) is 0 Å². The van der Waals surface area contributed by atoms with Crippen molar-refractivity contribution < 1.29 is 0 Å². The van der Waals surface area contributed by atoms with Crippen molar-refractivity contribution in [2.75, 3.05) is 0 Å². The second kappa shape index (κ2) is 5.18. The number of nitriles is 1. The van der Waals surface area contributed by atoms with E-state index in [0.29, 0.717) is 10.0 Å². The van der Waals surface area contributed by atoms with Crippen molar-refractivity contribution in [3.63, 3.8) is 0 Å². The van der Waals surface area contributed by atoms with Gasteiger partial charge in [0.15, 0.2) is 0 Å². The van der Waals surface area contributed by atoms with E-state index in [9.17, 15) is 0 Å². The Kier molecular flexibility index (Phi) is 3.63. The van der Waals surface area contributed by atoms with Gasteiger partial charge in [0.25, 0.3) is 0 Å². The van der Waals surface area contributed by atoms with E-state index in [4.69, 9.17) is 28.5 Å². The number of hydrogen-bond acceptors (Lipinski definition) is 2. The first-order chi connectivity index (χ1) is 8.22. The van der Waals surface area contributed by atoms with Crippen LogP contribution in [0.15, 0.2) is 36.5 Å². The van der Waals surface area contributed by atoms with Crippen LogP contribution in [-0.4, -0.2) is 4.98 Å². The van der Waals surface area contributed by atoms with E-state index >= 15 is 0 Å². The van der Waals surface area contributed by atoms with Crippen molar-refractivity contribution in [3.8, 4) is 17.2 Å². The summed E-state index contributed by atoms with van der Waals surface area (Å²) in [6, 6.07) is 11.2. The number of rotatable bonds is 2. The second-order valence-electron chi connectivity index (χ2n) is 3.46. The zero-order valence-corrected chi connectivity index (χ0v) is 10.3. The van der Waals surface area contributed by atoms with E-state index in [1.165, 1.54) is 0 Å². The largest absolute Gasteiger partial charge is 0.260 e. The molecule has 0 unspecified atom stereocenters. The molecule has 0 amide bonds. The molecule has 1 aromatic carbocycles. The molecule has 0 saturated heterocycles. The van der Waals surface area contributed by atoms with E-state index in [1.807, 2.05) is 18.2 Å². The fraction of sp³-hybridized carbons (Fsp3) is 0.0769. The average molecular weight is 263 g/mol. The molecule has 0 fully saturated rings. The molecule has 0 saturated carbocycles. The van der Waals surface area contributed by atoms with Crippen molar-refractivity contribution in [2.24, 2.45) is 0 Å². The quantitative estimate of drug-likeness (QED) is 0.817. The fourth-order valence-corrected chi connectivity index (χ4v) is 1.88. The highest BCUT2D eigenvalue weighted by Crippen LogP contribution is 2.29. The fourth-order valence-electron chi connectivity index (χ4n) is 1.58. The Balaban J connectivity index is 2.53. The average Bonchev–Trinajstić information content (AvgIpc) is 2.34. The third-order valence-corrected chi connectivity index (χ3v) is 3.11. The van der Waals surface area contributed by atoms with E-state index < -0.39 is 0 Å². The molecule has 0 bridgehead atoms. The standard InChI is InChI=1S/C13H8Cl2N2/c14-11-4-3-9(8-12(11)15)10-2-1-7-17-13(10)5-6-16/h1-4,7-8H,5H2. The van der Waals surface area contributed by atoms with Gasteiger partial charge in [0.2, 0.25) is 0 Å². The molecule has 2 rings (SSSR count). The smallest absolute Gasteiger partial charge is 0.0781 e. The van der Waals surface area contributed by atoms with Crippen LogP contribution < -0.4 is 0 Å². The molecule has 2 aromatic rings. The summed E-state index contributed by atoms with van der Waals surface area (Å²) in [4.78, 5) is 4.20. The first-order valence-electron chi connectivity index (χ1n) is 4.98. The Hall–Kier alpha value is -1.56. The number of pyridine rings is 1. The predicted octanol–water partition coefficient (Wildman–Crippen LogP) is 4.12. The number of hydrogen-bond donors (Lipinski definition) is 0. The highest BCUT2D eigenvalue weighted by Gasteiger charge is 2.07. The third-order valence-electron chi connectivity index (χ3n) is 2.37. The first-order valence-corrected chi connectivity index (χ1v) is 5.74. The van der Waals surface area contributed by atoms with Gasteiger partial charge < -0.3 is 0 Å². The summed E-state index contributed by atoms with van der Waals surface area (Å²) in [5, 5.41) is 9.76. The lowest BCUT2D eigenvalue weighted by molar-refractivity contribution is 1.12. The third kappa shape index (κ3) is 2.58. The molecule has 0 atom stereocenters. The van der Waals surface area contributed by atoms with Crippen LogP contribution in [0.25, 0.3) is 11.1 Å². The number of nitrogens with zero attached hydrogens (tertiary/aromatic N) is 2. The Morgan fingerprint density at radius 1 is 1.18 bits per heavy atom. The van der Waals surface area contributed by atoms with Crippen molar-refractivity contribution in [2.45, 2.75) is 6.42 Å². The SMILES string of the molecule is N#CCc1ncccc1-c1ccc(Cl)c(Cl)c1. The molecular formula is C13H8Cl2N2. The molecular weight excluding hydrogens is 255 g/mol. The Morgan fingerprint density at radius 2 is 2.00 bits per heavy atom. The number of benzene rings is 1. The lowest BCUT2D eigenvalue weighted by Crippen LogP contribution is -1.92. The molecule has 17 heavy (non-hydrogen) atoms. The second-order valence-corrected chi connectivity index (χ2v) is 4.28. The van der Waals surface area contributed by atoms with Crippen LogP contribution in [-0.2, 0) is 6.42 Å². The minimum absolute atomic E-state index is 0.274. The Bertz CT molecular complexity index is 588. The maximum absolute atomic E-state index is 8.75. The molecule has 1 aromatic heterocycles. The Morgan fingerprint density at radius 3 is 2.71 bits per heavy atom. The van der Waals surface area contributed by atoms with Crippen LogP contribution in [0, 0.1) is 11.3 Å². The summed E-state index contributed by atoms with van der Waals surface area (Å²) in [6.45, 7) is 0. The van der Waals surface area contributed by atoms with E-state index in [1.54, 1.807) is 18.3 Å². The van der Waals surface area contributed by atoms with Gasteiger partial charge in [-0.2, -0.15) is 5.26 Å². The summed E-state index contributed by atoms with van der Waals surface area (Å²) < 4.78 is 0. The molecule has 4 heteroatoms. The van der Waals surface area contributed by atoms with Crippen LogP contribution >= 0.6 is 23.2 Å². The predicted molar refractivity (Wildman–Crippen MR) is 69.0 cm³/mol. The number of halogens is 2. The van der Waals surface area contributed by atoms with Crippen molar-refractivity contribution >= 4 is 23.2 Å². The van der Waals surface area contributed by atoms with Crippen molar-refractivity contribution in [3.05, 3.63) is 52.3 Å². The van der Waals surface area contributed by atoms with Gasteiger partial charge in [-0.25, -0.2) is 0 Å². The highest BCUT2D eigenvalue weighted by atomic mass is 35.5. The first kappa shape index (κ1) is 11.9. The van der Waals surface area contributed by atoms with Crippen LogP contribution in [0.2, 0.25) is 10.0 Å². The van der Waals surface area contributed by atoms with E-state index in [-0.39, 0.29) is 6.42 Å². The van der Waals surface area contributed by atoms with Gasteiger partial charge >= 0.3 is 0 Å². The lowest BCUT2D eigenvalue weighted by atomic mass is 10.0. The molecule has 0 aliphatic heterocycles. The van der Waals surface area contributed by atoms with Crippen LogP contribution in [0.3, 0.4) is 0 Å². The van der Waals surface area contributed by atoms with Gasteiger partial charge in [-0.15, -0.1) is 0 Å². The topological polar surface area (TPSA) is 36.7 Å². The lowest BCUT2D eigenvalue weighted by Gasteiger charge is -2.06. The summed E-state index contributed by atoms with van der Waals surface area (Å²) in [6.07, 6.45) is 1.95. The van der Waals surface area contributed by atoms with Crippen LogP contribution in [0.1, 0.15) is 5.69 Å². The zero-order valence-electron chi connectivity index (χ0n) is 8.82. The van der Waals surface area contributed by atoms with Gasteiger partial charge in [0.05, 0.1) is 28.2 Å². The summed E-state index contributed by atoms with van der Waals surface area (Å²) in [5.41, 5.74) is 2.57. The number of aromatic nitrogens is 1. The molecule has 0 N–H and O–H groups in total. The molecule has 84 valence electrons. The van der Waals surface area contributed by atoms with Gasteiger partial charge in [-0.1, -0.05) is 35.3 Å². The van der Waals surface area contributed by atoms with Crippen molar-refractivity contribution in [1.82, 2.24) is 4.98 Å². The normalized spacial score (nSPS) is 9.94. The molecule has 0 spiro atoms. The summed E-state index contributed by atoms with van der Waals surface area (Å²) >= 11 is 11.8.